The van der Waals surface area contributed by atoms with Crippen LogP contribution >= 0.6 is 0 Å². The van der Waals surface area contributed by atoms with E-state index in [1.165, 1.54) is 12.4 Å². The second-order valence-electron chi connectivity index (χ2n) is 9.41. The van der Waals surface area contributed by atoms with Crippen LogP contribution < -0.4 is 10.2 Å². The number of carbonyl (C=O) groups is 2. The molecule has 10 nitrogen and oxygen atoms in total. The third kappa shape index (κ3) is 6.88. The molecule has 206 valence electrons. The lowest BCUT2D eigenvalue weighted by atomic mass is 9.83. The molecule has 1 aliphatic heterocycles. The molecule has 2 N–H and O–H groups in total. The summed E-state index contributed by atoms with van der Waals surface area (Å²) >= 11 is 0. The first-order valence-electron chi connectivity index (χ1n) is 12.7. The van der Waals surface area contributed by atoms with Crippen molar-refractivity contribution in [2.24, 2.45) is 0 Å². The molecule has 0 bridgehead atoms. The van der Waals surface area contributed by atoms with Gasteiger partial charge in [0.1, 0.15) is 0 Å². The molecule has 0 radical (unpaired) electrons. The summed E-state index contributed by atoms with van der Waals surface area (Å²) in [6.07, 6.45) is 6.50. The second-order valence-corrected chi connectivity index (χ2v) is 9.41. The Bertz CT molecular complexity index is 1250. The predicted octanol–water partition coefficient (Wildman–Crippen LogP) is 4.40. The summed E-state index contributed by atoms with van der Waals surface area (Å²) in [5.41, 5.74) is 2.72. The Labute approximate surface area is 224 Å². The monoisotopic (exact) mass is 540 g/mol. The van der Waals surface area contributed by atoms with Crippen molar-refractivity contribution in [1.29, 1.82) is 0 Å². The molecule has 4 heterocycles. The molecular formula is C27H30F2N6O4. The average molecular weight is 541 g/mol. The Morgan fingerprint density at radius 1 is 1.13 bits per heavy atom. The maximum atomic E-state index is 13.8. The van der Waals surface area contributed by atoms with Crippen LogP contribution in [0.3, 0.4) is 0 Å². The first kappa shape index (κ1) is 28.0. The van der Waals surface area contributed by atoms with E-state index in [4.69, 9.17) is 14.6 Å². The number of hydrogen-bond acceptors (Lipinski definition) is 8. The minimum absolute atomic E-state index is 0.139. The molecule has 0 spiro atoms. The first-order valence-corrected chi connectivity index (χ1v) is 12.7. The molecule has 2 fully saturated rings. The highest BCUT2D eigenvalue weighted by Crippen LogP contribution is 2.44. The molecule has 1 atom stereocenters. The number of nitrogens with one attached hydrogen (secondary N) is 1. The lowest BCUT2D eigenvalue weighted by molar-refractivity contribution is -0.122. The summed E-state index contributed by atoms with van der Waals surface area (Å²) in [6.45, 7) is 3.66. The fraction of sp³-hybridized carbons (Fsp3) is 0.407. The highest BCUT2D eigenvalue weighted by Gasteiger charge is 2.37. The van der Waals surface area contributed by atoms with Gasteiger partial charge in [0.2, 0.25) is 11.9 Å². The molecule has 0 aromatic carbocycles. The van der Waals surface area contributed by atoms with Crippen molar-refractivity contribution in [3.8, 4) is 11.3 Å². The third-order valence-electron chi connectivity index (χ3n) is 6.79. The number of carbonyl (C=O) groups excluding carboxylic acids is 1. The molecule has 0 unspecified atom stereocenters. The number of nitrogens with zero attached hydrogens (tertiary/aromatic N) is 5. The van der Waals surface area contributed by atoms with Crippen molar-refractivity contribution in [3.05, 3.63) is 60.3 Å². The van der Waals surface area contributed by atoms with E-state index >= 15 is 0 Å². The van der Waals surface area contributed by atoms with Gasteiger partial charge in [0.15, 0.2) is 0 Å². The molecule has 12 heteroatoms. The van der Waals surface area contributed by atoms with Crippen molar-refractivity contribution in [2.75, 3.05) is 30.0 Å². The van der Waals surface area contributed by atoms with Gasteiger partial charge in [-0.05, 0) is 38.0 Å². The van der Waals surface area contributed by atoms with Gasteiger partial charge in [0, 0.05) is 55.7 Å². The summed E-state index contributed by atoms with van der Waals surface area (Å²) in [7, 11) is 0. The number of anilines is 2. The van der Waals surface area contributed by atoms with Gasteiger partial charge in [-0.15, -0.1) is 0 Å². The number of alkyl halides is 2. The number of morpholine rings is 1. The molecule has 39 heavy (non-hydrogen) atoms. The molecular weight excluding hydrogens is 510 g/mol. The van der Waals surface area contributed by atoms with Crippen LogP contribution in [0.25, 0.3) is 11.3 Å². The van der Waals surface area contributed by atoms with Gasteiger partial charge >= 0.3 is 0 Å². The topological polar surface area (TPSA) is 130 Å². The molecule has 3 aromatic heterocycles. The lowest BCUT2D eigenvalue weighted by Crippen LogP contribution is -2.44. The van der Waals surface area contributed by atoms with Gasteiger partial charge < -0.3 is 20.1 Å². The normalized spacial score (nSPS) is 18.9. The Kier molecular flexibility index (Phi) is 9.07. The summed E-state index contributed by atoms with van der Waals surface area (Å²) in [4.78, 5) is 41.5. The molecule has 1 amide bonds. The smallest absolute Gasteiger partial charge is 0.290 e. The number of rotatable bonds is 5. The number of carboxylic acid groups (broad SMARTS) is 1. The van der Waals surface area contributed by atoms with E-state index in [1.807, 2.05) is 24.0 Å². The van der Waals surface area contributed by atoms with E-state index in [0.29, 0.717) is 61.2 Å². The van der Waals surface area contributed by atoms with Crippen LogP contribution in [0, 0.1) is 0 Å². The zero-order valence-electron chi connectivity index (χ0n) is 21.5. The summed E-state index contributed by atoms with van der Waals surface area (Å²) in [5, 5.41) is 9.87. The van der Waals surface area contributed by atoms with E-state index in [0.717, 1.165) is 0 Å². The van der Waals surface area contributed by atoms with Crippen molar-refractivity contribution in [3.63, 3.8) is 0 Å². The van der Waals surface area contributed by atoms with Gasteiger partial charge in [0.25, 0.3) is 12.4 Å². The van der Waals surface area contributed by atoms with E-state index < -0.39 is 11.8 Å². The van der Waals surface area contributed by atoms with Crippen LogP contribution in [0.15, 0.2) is 49.1 Å². The molecule has 1 aliphatic carbocycles. The highest BCUT2D eigenvalue weighted by molar-refractivity contribution is 6.06. The minimum atomic E-state index is -2.66. The maximum Gasteiger partial charge on any atom is 0.290 e. The highest BCUT2D eigenvalue weighted by atomic mass is 19.3. The Balaban J connectivity index is 0.00000112. The van der Waals surface area contributed by atoms with Gasteiger partial charge in [-0.1, -0.05) is 6.07 Å². The van der Waals surface area contributed by atoms with E-state index in [1.54, 1.807) is 24.5 Å². The van der Waals surface area contributed by atoms with Crippen LogP contribution in [0.2, 0.25) is 0 Å². The predicted molar refractivity (Wildman–Crippen MR) is 140 cm³/mol. The zero-order valence-corrected chi connectivity index (χ0v) is 21.5. The Morgan fingerprint density at radius 3 is 2.49 bits per heavy atom. The summed E-state index contributed by atoms with van der Waals surface area (Å²) < 4.78 is 33.1. The van der Waals surface area contributed by atoms with E-state index in [2.05, 4.69) is 25.3 Å². The third-order valence-corrected chi connectivity index (χ3v) is 6.79. The minimum Gasteiger partial charge on any atom is -0.483 e. The number of aromatic nitrogens is 4. The van der Waals surface area contributed by atoms with E-state index in [-0.39, 0.29) is 36.8 Å². The zero-order chi connectivity index (χ0) is 27.8. The fourth-order valence-electron chi connectivity index (χ4n) is 4.76. The molecule has 1 saturated carbocycles. The SMILES string of the molecule is C[C@H]1COCCN1c1ncc(C(=O)Nc2c(-c3ccccn3)ccnc2C2CCC(F)(F)CC2)cn1.O=CO. The van der Waals surface area contributed by atoms with Crippen LogP contribution in [-0.2, 0) is 9.53 Å². The largest absolute Gasteiger partial charge is 0.483 e. The van der Waals surface area contributed by atoms with Gasteiger partial charge in [-0.2, -0.15) is 0 Å². The van der Waals surface area contributed by atoms with Crippen LogP contribution in [0.1, 0.15) is 54.6 Å². The van der Waals surface area contributed by atoms with Crippen molar-refractivity contribution >= 4 is 24.0 Å². The number of halogens is 2. The second kappa shape index (κ2) is 12.7. The quantitative estimate of drug-likeness (QED) is 0.452. The molecule has 2 aliphatic rings. The van der Waals surface area contributed by atoms with Crippen LogP contribution in [-0.4, -0.2) is 69.1 Å². The van der Waals surface area contributed by atoms with Gasteiger partial charge in [-0.3, -0.25) is 19.6 Å². The lowest BCUT2D eigenvalue weighted by Gasteiger charge is -2.33. The number of amides is 1. The van der Waals surface area contributed by atoms with Crippen LogP contribution in [0.4, 0.5) is 20.4 Å². The number of hydrogen-bond donors (Lipinski definition) is 2. The Hall–Kier alpha value is -4.06. The van der Waals surface area contributed by atoms with Crippen molar-refractivity contribution in [1.82, 2.24) is 19.9 Å². The standard InChI is InChI=1S/C26H28F2N6O2.CH2O2/c1-17-16-36-13-12-34(17)25-31-14-19(15-32-25)24(35)33-23-20(21-4-2-3-10-29-21)7-11-30-22(23)18-5-8-26(27,28)9-6-18;2-1-3/h2-4,7,10-11,14-15,17-18H,5-6,8-9,12-13,16H2,1H3,(H,33,35);1H,(H,2,3)/t17-;/m0./s1. The molecule has 3 aromatic rings. The van der Waals surface area contributed by atoms with Crippen molar-refractivity contribution < 1.29 is 28.2 Å². The average Bonchev–Trinajstić information content (AvgIpc) is 2.95. The summed E-state index contributed by atoms with van der Waals surface area (Å²) in [5.74, 6) is -2.70. The van der Waals surface area contributed by atoms with Crippen LogP contribution in [0.5, 0.6) is 0 Å². The first-order chi connectivity index (χ1) is 18.8. The van der Waals surface area contributed by atoms with E-state index in [9.17, 15) is 13.6 Å². The number of pyridine rings is 2. The fourth-order valence-corrected chi connectivity index (χ4v) is 4.76. The summed E-state index contributed by atoms with van der Waals surface area (Å²) in [6, 6.07) is 7.42. The number of ether oxygens (including phenoxy) is 1. The maximum absolute atomic E-state index is 13.8. The van der Waals surface area contributed by atoms with Crippen molar-refractivity contribution in [2.45, 2.75) is 50.5 Å². The van der Waals surface area contributed by atoms with Gasteiger partial charge in [0.05, 0.1) is 41.9 Å². The molecule has 5 rings (SSSR count). The Morgan fingerprint density at radius 2 is 1.85 bits per heavy atom. The molecule has 1 saturated heterocycles. The van der Waals surface area contributed by atoms with Gasteiger partial charge in [-0.25, -0.2) is 18.7 Å².